The maximum atomic E-state index is 5.36. The summed E-state index contributed by atoms with van der Waals surface area (Å²) in [4.78, 5) is 2.29. The molecule has 0 aliphatic rings. The Bertz CT molecular complexity index is 341. The SMILES string of the molecule is CSCC(C)N(C)Cc1cc(CNC(C)C)no1. The van der Waals surface area contributed by atoms with Crippen LogP contribution in [0.25, 0.3) is 0 Å². The average molecular weight is 271 g/mol. The predicted octanol–water partition coefficient (Wildman–Crippen LogP) is 2.36. The van der Waals surface area contributed by atoms with Crippen molar-refractivity contribution in [1.82, 2.24) is 15.4 Å². The second-order valence-corrected chi connectivity index (χ2v) is 5.95. The second kappa shape index (κ2) is 7.81. The molecule has 1 heterocycles. The van der Waals surface area contributed by atoms with Gasteiger partial charge in [0.15, 0.2) is 5.76 Å². The first-order valence-electron chi connectivity index (χ1n) is 6.40. The number of nitrogens with one attached hydrogen (secondary N) is 1. The fraction of sp³-hybridized carbons (Fsp3) is 0.769. The third-order valence-corrected chi connectivity index (χ3v) is 3.68. The number of hydrogen-bond donors (Lipinski definition) is 1. The third kappa shape index (κ3) is 5.42. The molecular weight excluding hydrogens is 246 g/mol. The van der Waals surface area contributed by atoms with Crippen LogP contribution in [-0.4, -0.2) is 41.2 Å². The molecule has 0 aromatic carbocycles. The van der Waals surface area contributed by atoms with Gasteiger partial charge in [0.2, 0.25) is 0 Å². The zero-order valence-corrected chi connectivity index (χ0v) is 12.9. The summed E-state index contributed by atoms with van der Waals surface area (Å²) in [6.45, 7) is 8.06. The molecular formula is C13H25N3OS. The fourth-order valence-corrected chi connectivity index (χ4v) is 2.33. The molecule has 0 saturated carbocycles. The Hall–Kier alpha value is -0.520. The molecule has 0 radical (unpaired) electrons. The minimum atomic E-state index is 0.467. The van der Waals surface area contributed by atoms with Crippen molar-refractivity contribution in [1.29, 1.82) is 0 Å². The van der Waals surface area contributed by atoms with Crippen molar-refractivity contribution in [2.45, 2.75) is 45.9 Å². The van der Waals surface area contributed by atoms with Crippen LogP contribution in [0.2, 0.25) is 0 Å². The molecule has 1 N–H and O–H groups in total. The van der Waals surface area contributed by atoms with E-state index in [-0.39, 0.29) is 0 Å². The first-order chi connectivity index (χ1) is 8.52. The van der Waals surface area contributed by atoms with Gasteiger partial charge in [-0.05, 0) is 20.2 Å². The summed E-state index contributed by atoms with van der Waals surface area (Å²) in [7, 11) is 2.12. The van der Waals surface area contributed by atoms with Crippen LogP contribution in [0, 0.1) is 0 Å². The molecule has 104 valence electrons. The first-order valence-corrected chi connectivity index (χ1v) is 7.79. The van der Waals surface area contributed by atoms with Gasteiger partial charge in [0.25, 0.3) is 0 Å². The van der Waals surface area contributed by atoms with E-state index < -0.39 is 0 Å². The van der Waals surface area contributed by atoms with Gasteiger partial charge < -0.3 is 9.84 Å². The Kier molecular flexibility index (Phi) is 6.75. The van der Waals surface area contributed by atoms with Gasteiger partial charge in [-0.15, -0.1) is 0 Å². The van der Waals surface area contributed by atoms with Gasteiger partial charge in [-0.3, -0.25) is 4.90 Å². The Morgan fingerprint density at radius 1 is 1.44 bits per heavy atom. The molecule has 1 aromatic rings. The summed E-state index contributed by atoms with van der Waals surface area (Å²) in [5.41, 5.74) is 0.976. The summed E-state index contributed by atoms with van der Waals surface area (Å²) < 4.78 is 5.36. The third-order valence-electron chi connectivity index (χ3n) is 2.86. The molecule has 0 amide bonds. The highest BCUT2D eigenvalue weighted by Gasteiger charge is 2.12. The number of hydrogen-bond acceptors (Lipinski definition) is 5. The van der Waals surface area contributed by atoms with Crippen LogP contribution < -0.4 is 5.32 Å². The molecule has 1 rings (SSSR count). The summed E-state index contributed by atoms with van der Waals surface area (Å²) >= 11 is 1.87. The maximum absolute atomic E-state index is 5.36. The van der Waals surface area contributed by atoms with Gasteiger partial charge in [-0.1, -0.05) is 19.0 Å². The monoisotopic (exact) mass is 271 g/mol. The molecule has 0 aliphatic carbocycles. The lowest BCUT2D eigenvalue weighted by Gasteiger charge is -2.22. The van der Waals surface area contributed by atoms with E-state index in [9.17, 15) is 0 Å². The van der Waals surface area contributed by atoms with Crippen LogP contribution in [0.15, 0.2) is 10.6 Å². The van der Waals surface area contributed by atoms with Crippen LogP contribution >= 0.6 is 11.8 Å². The Labute approximate surface area is 114 Å². The summed E-state index contributed by atoms with van der Waals surface area (Å²) in [6.07, 6.45) is 2.13. The highest BCUT2D eigenvalue weighted by Crippen LogP contribution is 2.10. The predicted molar refractivity (Wildman–Crippen MR) is 77.8 cm³/mol. The number of thioether (sulfide) groups is 1. The highest BCUT2D eigenvalue weighted by molar-refractivity contribution is 7.98. The van der Waals surface area contributed by atoms with Gasteiger partial charge in [0, 0.05) is 30.4 Å². The zero-order chi connectivity index (χ0) is 13.5. The Balaban J connectivity index is 2.43. The van der Waals surface area contributed by atoms with Crippen LogP contribution in [0.1, 0.15) is 32.2 Å². The van der Waals surface area contributed by atoms with Crippen molar-refractivity contribution in [3.63, 3.8) is 0 Å². The molecule has 0 bridgehead atoms. The molecule has 5 heteroatoms. The van der Waals surface area contributed by atoms with Gasteiger partial charge in [0.1, 0.15) is 0 Å². The van der Waals surface area contributed by atoms with Crippen LogP contribution in [0.5, 0.6) is 0 Å². The lowest BCUT2D eigenvalue weighted by molar-refractivity contribution is 0.233. The van der Waals surface area contributed by atoms with E-state index in [1.807, 2.05) is 17.8 Å². The minimum Gasteiger partial charge on any atom is -0.360 e. The molecule has 1 aromatic heterocycles. The van der Waals surface area contributed by atoms with E-state index in [0.29, 0.717) is 12.1 Å². The van der Waals surface area contributed by atoms with Gasteiger partial charge in [0.05, 0.1) is 12.2 Å². The molecule has 18 heavy (non-hydrogen) atoms. The topological polar surface area (TPSA) is 41.3 Å². The Morgan fingerprint density at radius 2 is 2.17 bits per heavy atom. The van der Waals surface area contributed by atoms with Crippen molar-refractivity contribution in [3.05, 3.63) is 17.5 Å². The highest BCUT2D eigenvalue weighted by atomic mass is 32.2. The lowest BCUT2D eigenvalue weighted by atomic mass is 10.3. The molecule has 0 fully saturated rings. The number of rotatable bonds is 8. The normalized spacial score (nSPS) is 13.5. The molecule has 0 saturated heterocycles. The molecule has 1 atom stereocenters. The van der Waals surface area contributed by atoms with Gasteiger partial charge in [-0.25, -0.2) is 0 Å². The smallest absolute Gasteiger partial charge is 0.151 e. The van der Waals surface area contributed by atoms with Crippen LogP contribution in [0.4, 0.5) is 0 Å². The average Bonchev–Trinajstić information content (AvgIpc) is 2.74. The van der Waals surface area contributed by atoms with Crippen LogP contribution in [-0.2, 0) is 13.1 Å². The van der Waals surface area contributed by atoms with E-state index >= 15 is 0 Å². The largest absolute Gasteiger partial charge is 0.360 e. The van der Waals surface area contributed by atoms with Crippen molar-refractivity contribution >= 4 is 11.8 Å². The minimum absolute atomic E-state index is 0.467. The van der Waals surface area contributed by atoms with Crippen LogP contribution in [0.3, 0.4) is 0 Å². The second-order valence-electron chi connectivity index (χ2n) is 5.04. The quantitative estimate of drug-likeness (QED) is 0.786. The standard InChI is InChI=1S/C13H25N3OS/c1-10(2)14-7-12-6-13(17-15-12)8-16(4)11(3)9-18-5/h6,10-11,14H,7-9H2,1-5H3. The van der Waals surface area contributed by atoms with Crippen molar-refractivity contribution in [2.24, 2.45) is 0 Å². The van der Waals surface area contributed by atoms with E-state index in [4.69, 9.17) is 4.52 Å². The maximum Gasteiger partial charge on any atom is 0.151 e. The van der Waals surface area contributed by atoms with Gasteiger partial charge in [-0.2, -0.15) is 11.8 Å². The van der Waals surface area contributed by atoms with E-state index in [0.717, 1.165) is 30.3 Å². The number of nitrogens with zero attached hydrogens (tertiary/aromatic N) is 2. The first kappa shape index (κ1) is 15.5. The van der Waals surface area contributed by atoms with Crippen molar-refractivity contribution in [3.8, 4) is 0 Å². The molecule has 0 spiro atoms. The number of aromatic nitrogens is 1. The van der Waals surface area contributed by atoms with E-state index in [1.54, 1.807) is 0 Å². The van der Waals surface area contributed by atoms with Crippen molar-refractivity contribution < 1.29 is 4.52 Å². The molecule has 0 aliphatic heterocycles. The van der Waals surface area contributed by atoms with E-state index in [1.165, 1.54) is 0 Å². The van der Waals surface area contributed by atoms with E-state index in [2.05, 4.69) is 49.4 Å². The molecule has 4 nitrogen and oxygen atoms in total. The summed E-state index contributed by atoms with van der Waals surface area (Å²) in [5, 5.41) is 7.41. The fourth-order valence-electron chi connectivity index (χ4n) is 1.59. The lowest BCUT2D eigenvalue weighted by Crippen LogP contribution is -2.30. The summed E-state index contributed by atoms with van der Waals surface area (Å²) in [6, 6.07) is 3.05. The Morgan fingerprint density at radius 3 is 2.78 bits per heavy atom. The zero-order valence-electron chi connectivity index (χ0n) is 12.1. The van der Waals surface area contributed by atoms with Crippen molar-refractivity contribution in [2.75, 3.05) is 19.1 Å². The summed E-state index contributed by atoms with van der Waals surface area (Å²) in [5.74, 6) is 2.07. The van der Waals surface area contributed by atoms with Gasteiger partial charge >= 0.3 is 0 Å². The molecule has 1 unspecified atom stereocenters.